The maximum Gasteiger partial charge on any atom is 0.264 e. The third-order valence-corrected chi connectivity index (χ3v) is 10.0. The van der Waals surface area contributed by atoms with E-state index in [1.165, 1.54) is 12.1 Å². The predicted molar refractivity (Wildman–Crippen MR) is 190 cm³/mol. The minimum Gasteiger partial charge on any atom is -0.508 e. The summed E-state index contributed by atoms with van der Waals surface area (Å²) in [5, 5.41) is 10.6. The fraction of sp³-hybridized carbons (Fsp3) is 0.256. The number of carbonyl (C=O) groups is 2. The molecule has 3 aromatic carbocycles. The molecule has 0 radical (unpaired) electrons. The van der Waals surface area contributed by atoms with Crippen LogP contribution in [0.2, 0.25) is 5.02 Å². The minimum absolute atomic E-state index is 0.0754. The third-order valence-electron chi connectivity index (χ3n) is 9.78. The van der Waals surface area contributed by atoms with Crippen LogP contribution in [0, 0.1) is 20.4 Å². The van der Waals surface area contributed by atoms with Crippen LogP contribution in [0.1, 0.15) is 56.1 Å². The van der Waals surface area contributed by atoms with Crippen molar-refractivity contribution in [2.75, 3.05) is 18.1 Å². The first kappa shape index (κ1) is 32.1. The zero-order valence-corrected chi connectivity index (χ0v) is 28.4. The molecule has 8 bridgehead atoms. The van der Waals surface area contributed by atoms with Crippen LogP contribution in [-0.2, 0) is 26.6 Å². The molecule has 3 aliphatic heterocycles. The Labute approximate surface area is 290 Å². The topological polar surface area (TPSA) is 84.3 Å². The molecule has 3 aliphatic rings. The van der Waals surface area contributed by atoms with E-state index in [1.807, 2.05) is 53.1 Å². The van der Waals surface area contributed by atoms with Gasteiger partial charge in [-0.1, -0.05) is 30.3 Å². The van der Waals surface area contributed by atoms with Gasteiger partial charge in [-0.2, -0.15) is 0 Å². The first-order valence-corrected chi connectivity index (χ1v) is 16.7. The molecule has 1 N–H and O–H groups in total. The molecule has 10 heteroatoms. The van der Waals surface area contributed by atoms with Gasteiger partial charge in [0.15, 0.2) is 0 Å². The fourth-order valence-electron chi connectivity index (χ4n) is 7.00. The van der Waals surface area contributed by atoms with Gasteiger partial charge in [0.25, 0.3) is 11.8 Å². The van der Waals surface area contributed by atoms with Gasteiger partial charge < -0.3 is 24.2 Å². The number of phenols is 1. The van der Waals surface area contributed by atoms with Crippen LogP contribution in [-0.4, -0.2) is 44.1 Å². The highest BCUT2D eigenvalue weighted by atomic mass is 35.5. The Balaban J connectivity index is 1.41. The van der Waals surface area contributed by atoms with Gasteiger partial charge in [-0.05, 0) is 99.3 Å². The molecule has 8 rings (SSSR count). The second-order valence-corrected chi connectivity index (χ2v) is 13.0. The number of rotatable bonds is 1. The van der Waals surface area contributed by atoms with Gasteiger partial charge in [0.05, 0.1) is 24.4 Å². The van der Waals surface area contributed by atoms with Crippen LogP contribution in [0.25, 0.3) is 16.1 Å². The number of nitrogens with zero attached hydrogens (tertiary/aromatic N) is 5. The standard InChI is InChI=1S/C39H36ClN5O4/c1-24-32-21-35(42(24)4)33-20-27(40)10-15-31(33)38(47)43-18-16-30-26(23-43)8-7-9-36(30)49-19-6-5-17-44-25(2)34(22-37(44)41-3)45(39(32)48)28-11-13-29(46)14-12-28/h7-15,20-22,46H,5-6,16-19,23H2,1-2,4H3. The number of aromatic hydroxyl groups is 1. The van der Waals surface area contributed by atoms with Gasteiger partial charge in [-0.25, -0.2) is 0 Å². The minimum atomic E-state index is -0.307. The molecule has 9 nitrogen and oxygen atoms in total. The van der Waals surface area contributed by atoms with Crippen molar-refractivity contribution in [3.63, 3.8) is 0 Å². The molecule has 248 valence electrons. The number of halogens is 1. The molecule has 2 aromatic heterocycles. The van der Waals surface area contributed by atoms with E-state index in [1.54, 1.807) is 41.3 Å². The average molecular weight is 674 g/mol. The van der Waals surface area contributed by atoms with Crippen LogP contribution in [0.4, 0.5) is 17.2 Å². The molecule has 0 atom stereocenters. The number of phenolic OH excluding ortho intramolecular Hbond substituents is 1. The molecule has 0 spiro atoms. The van der Waals surface area contributed by atoms with Gasteiger partial charge >= 0.3 is 0 Å². The second-order valence-electron chi connectivity index (χ2n) is 12.6. The Bertz CT molecular complexity index is 2160. The molecule has 2 amide bonds. The summed E-state index contributed by atoms with van der Waals surface area (Å²) in [5.41, 5.74) is 7.02. The number of anilines is 2. The Morgan fingerprint density at radius 3 is 2.45 bits per heavy atom. The van der Waals surface area contributed by atoms with Crippen molar-refractivity contribution in [2.45, 2.75) is 46.2 Å². The second kappa shape index (κ2) is 12.9. The monoisotopic (exact) mass is 673 g/mol. The summed E-state index contributed by atoms with van der Waals surface area (Å²) in [6, 6.07) is 21.3. The first-order chi connectivity index (χ1) is 23.7. The highest BCUT2D eigenvalue weighted by Crippen LogP contribution is 2.39. The van der Waals surface area contributed by atoms with Gasteiger partial charge in [-0.15, -0.1) is 0 Å². The SMILES string of the molecule is [C-]#[N+]c1cc2c(C)n1CCCCOc1cccc3c1CCN(C3)C(=O)c1ccc(Cl)cc1-c1cc(c(C)n1C)C(=O)N2c1ccc(O)cc1. The fourth-order valence-corrected chi connectivity index (χ4v) is 7.17. The van der Waals surface area contributed by atoms with E-state index in [2.05, 4.69) is 10.9 Å². The lowest BCUT2D eigenvalue weighted by Gasteiger charge is -2.30. The summed E-state index contributed by atoms with van der Waals surface area (Å²) in [4.78, 5) is 36.3. The summed E-state index contributed by atoms with van der Waals surface area (Å²) in [6.07, 6.45) is 2.21. The van der Waals surface area contributed by atoms with Crippen LogP contribution in [0.15, 0.2) is 72.8 Å². The number of amides is 2. The van der Waals surface area contributed by atoms with Crippen molar-refractivity contribution in [2.24, 2.45) is 7.05 Å². The van der Waals surface area contributed by atoms with E-state index in [-0.39, 0.29) is 17.6 Å². The summed E-state index contributed by atoms with van der Waals surface area (Å²) in [7, 11) is 1.87. The van der Waals surface area contributed by atoms with Crippen LogP contribution >= 0.6 is 11.6 Å². The number of fused-ring (bicyclic) bond motifs is 6. The van der Waals surface area contributed by atoms with Crippen LogP contribution < -0.4 is 9.64 Å². The summed E-state index contributed by atoms with van der Waals surface area (Å²) in [5.74, 6) is 0.932. The molecule has 5 aromatic rings. The number of hydrogen-bond donors (Lipinski definition) is 1. The normalized spacial score (nSPS) is 15.0. The van der Waals surface area contributed by atoms with E-state index < -0.39 is 0 Å². The Hall–Kier alpha value is -5.46. The number of ether oxygens (including phenoxy) is 1. The van der Waals surface area contributed by atoms with E-state index in [0.29, 0.717) is 83.0 Å². The summed E-state index contributed by atoms with van der Waals surface area (Å²) < 4.78 is 10.2. The number of aromatic nitrogens is 2. The van der Waals surface area contributed by atoms with Crippen LogP contribution in [0.5, 0.6) is 11.5 Å². The van der Waals surface area contributed by atoms with E-state index in [9.17, 15) is 14.7 Å². The number of hydrogen-bond acceptors (Lipinski definition) is 4. The van der Waals surface area contributed by atoms with E-state index in [4.69, 9.17) is 22.9 Å². The van der Waals surface area contributed by atoms with E-state index >= 15 is 0 Å². The van der Waals surface area contributed by atoms with Crippen molar-refractivity contribution in [3.05, 3.63) is 123 Å². The zero-order valence-electron chi connectivity index (χ0n) is 27.7. The molecule has 0 aliphatic carbocycles. The highest BCUT2D eigenvalue weighted by Gasteiger charge is 2.31. The first-order valence-electron chi connectivity index (χ1n) is 16.4. The van der Waals surface area contributed by atoms with Crippen molar-refractivity contribution < 1.29 is 19.4 Å². The summed E-state index contributed by atoms with van der Waals surface area (Å²) >= 11 is 6.55. The molecule has 5 heterocycles. The van der Waals surface area contributed by atoms with Crippen LogP contribution in [0.3, 0.4) is 0 Å². The zero-order chi connectivity index (χ0) is 34.4. The van der Waals surface area contributed by atoms with Crippen molar-refractivity contribution in [1.82, 2.24) is 14.0 Å². The quantitative estimate of drug-likeness (QED) is 0.181. The Kier molecular flexibility index (Phi) is 8.43. The van der Waals surface area contributed by atoms with Crippen molar-refractivity contribution in [1.29, 1.82) is 0 Å². The maximum absolute atomic E-state index is 14.8. The van der Waals surface area contributed by atoms with E-state index in [0.717, 1.165) is 35.4 Å². The molecule has 49 heavy (non-hydrogen) atoms. The Morgan fingerprint density at radius 2 is 1.67 bits per heavy atom. The van der Waals surface area contributed by atoms with Gasteiger partial charge in [0.2, 0.25) is 5.82 Å². The summed E-state index contributed by atoms with van der Waals surface area (Å²) in [6.45, 7) is 13.9. The molecular formula is C39H36ClN5O4. The lowest BCUT2D eigenvalue weighted by molar-refractivity contribution is 0.0734. The number of benzene rings is 3. The van der Waals surface area contributed by atoms with Gasteiger partial charge in [0, 0.05) is 58.9 Å². The largest absolute Gasteiger partial charge is 0.508 e. The van der Waals surface area contributed by atoms with Crippen molar-refractivity contribution in [3.8, 4) is 22.8 Å². The average Bonchev–Trinajstić information content (AvgIpc) is 3.58. The van der Waals surface area contributed by atoms with Gasteiger partial charge in [0.1, 0.15) is 17.2 Å². The Morgan fingerprint density at radius 1 is 0.878 bits per heavy atom. The van der Waals surface area contributed by atoms with Crippen molar-refractivity contribution >= 4 is 40.6 Å². The predicted octanol–water partition coefficient (Wildman–Crippen LogP) is 8.37. The lowest BCUT2D eigenvalue weighted by Crippen LogP contribution is -2.36. The molecule has 0 saturated carbocycles. The molecule has 0 saturated heterocycles. The third kappa shape index (κ3) is 5.72. The van der Waals surface area contributed by atoms with Gasteiger partial charge in [-0.3, -0.25) is 19.1 Å². The smallest absolute Gasteiger partial charge is 0.264 e. The number of carbonyl (C=O) groups excluding carboxylic acids is 2. The molecule has 0 unspecified atom stereocenters. The lowest BCUT2D eigenvalue weighted by atomic mass is 9.96. The molecular weight excluding hydrogens is 638 g/mol. The molecule has 0 fully saturated rings. The maximum atomic E-state index is 14.8. The highest BCUT2D eigenvalue weighted by molar-refractivity contribution is 6.31.